The molecule has 0 atom stereocenters. The minimum absolute atomic E-state index is 0.188. The molecule has 1 N–H and O–H groups in total. The largest absolute Gasteiger partial charge is 0.352 e. The first-order valence-corrected chi connectivity index (χ1v) is 5.51. The highest BCUT2D eigenvalue weighted by Gasteiger charge is 2.12. The maximum absolute atomic E-state index is 12.1. The predicted molar refractivity (Wildman–Crippen MR) is 67.2 cm³/mol. The number of hydrogen-bond donors (Lipinski definition) is 1. The van der Waals surface area contributed by atoms with E-state index in [2.05, 4.69) is 5.32 Å². The predicted octanol–water partition coefficient (Wildman–Crippen LogP) is 1.29. The summed E-state index contributed by atoms with van der Waals surface area (Å²) in [7, 11) is 1.82. The van der Waals surface area contributed by atoms with Crippen LogP contribution in [0.4, 0.5) is 0 Å². The molecule has 2 aromatic rings. The lowest BCUT2D eigenvalue weighted by Crippen LogP contribution is -2.29. The molecule has 0 aliphatic heterocycles. The molecule has 0 bridgehead atoms. The highest BCUT2D eigenvalue weighted by molar-refractivity contribution is 5.97. The molecule has 0 aliphatic carbocycles. The molecule has 0 spiro atoms. The normalized spacial score (nSPS) is 10.5. The van der Waals surface area contributed by atoms with Gasteiger partial charge in [-0.15, -0.1) is 0 Å². The lowest BCUT2D eigenvalue weighted by molar-refractivity contribution is 0.0954. The Balaban J connectivity index is 2.71. The molecule has 2 rings (SSSR count). The lowest BCUT2D eigenvalue weighted by Gasteiger charge is -2.08. The summed E-state index contributed by atoms with van der Waals surface area (Å²) in [5, 5.41) is 3.21. The number of fused-ring (bicyclic) bond motifs is 1. The van der Waals surface area contributed by atoms with Crippen LogP contribution in [0.1, 0.15) is 17.3 Å². The Hall–Kier alpha value is -2.10. The van der Waals surface area contributed by atoms with Gasteiger partial charge in [-0.25, -0.2) is 0 Å². The number of hydrogen-bond acceptors (Lipinski definition) is 2. The van der Waals surface area contributed by atoms with E-state index < -0.39 is 0 Å². The van der Waals surface area contributed by atoms with Gasteiger partial charge in [-0.2, -0.15) is 0 Å². The van der Waals surface area contributed by atoms with Gasteiger partial charge in [0, 0.05) is 25.2 Å². The number of pyridine rings is 1. The third-order valence-electron chi connectivity index (χ3n) is 2.68. The molecule has 0 fully saturated rings. The van der Waals surface area contributed by atoms with E-state index in [1.165, 1.54) is 0 Å². The summed E-state index contributed by atoms with van der Waals surface area (Å²) in [6, 6.07) is 7.26. The molecule has 0 saturated carbocycles. The van der Waals surface area contributed by atoms with Gasteiger partial charge in [0.1, 0.15) is 5.56 Å². The van der Waals surface area contributed by atoms with Crippen LogP contribution in [0.5, 0.6) is 0 Å². The van der Waals surface area contributed by atoms with Gasteiger partial charge in [-0.1, -0.05) is 12.1 Å². The van der Waals surface area contributed by atoms with E-state index in [0.29, 0.717) is 11.9 Å². The van der Waals surface area contributed by atoms with Gasteiger partial charge in [0.05, 0.1) is 5.52 Å². The highest BCUT2D eigenvalue weighted by Crippen LogP contribution is 2.09. The third-order valence-corrected chi connectivity index (χ3v) is 2.68. The molecule has 88 valence electrons. The minimum Gasteiger partial charge on any atom is -0.352 e. The van der Waals surface area contributed by atoms with Gasteiger partial charge >= 0.3 is 0 Å². The van der Waals surface area contributed by atoms with E-state index in [-0.39, 0.29) is 16.9 Å². The Kier molecular flexibility index (Phi) is 2.95. The first-order chi connectivity index (χ1) is 8.15. The first-order valence-electron chi connectivity index (χ1n) is 5.51. The van der Waals surface area contributed by atoms with Crippen molar-refractivity contribution < 1.29 is 4.79 Å². The van der Waals surface area contributed by atoms with Crippen molar-refractivity contribution in [1.82, 2.24) is 9.88 Å². The molecule has 1 heterocycles. The zero-order valence-corrected chi connectivity index (χ0v) is 9.86. The molecule has 4 nitrogen and oxygen atoms in total. The van der Waals surface area contributed by atoms with E-state index >= 15 is 0 Å². The smallest absolute Gasteiger partial charge is 0.256 e. The van der Waals surface area contributed by atoms with Gasteiger partial charge in [-0.3, -0.25) is 9.59 Å². The Bertz CT molecular complexity index is 629. The molecule has 0 radical (unpaired) electrons. The van der Waals surface area contributed by atoms with Crippen molar-refractivity contribution in [3.8, 4) is 0 Å². The van der Waals surface area contributed by atoms with Crippen molar-refractivity contribution in [2.45, 2.75) is 6.92 Å². The van der Waals surface area contributed by atoms with Crippen LogP contribution in [0.25, 0.3) is 10.9 Å². The highest BCUT2D eigenvalue weighted by atomic mass is 16.2. The minimum atomic E-state index is -0.321. The Morgan fingerprint density at radius 3 is 2.76 bits per heavy atom. The third kappa shape index (κ3) is 1.93. The summed E-state index contributed by atoms with van der Waals surface area (Å²) in [4.78, 5) is 23.9. The number of amides is 1. The maximum Gasteiger partial charge on any atom is 0.256 e. The van der Waals surface area contributed by atoms with Crippen LogP contribution in [0, 0.1) is 0 Å². The van der Waals surface area contributed by atoms with Crippen molar-refractivity contribution in [2.24, 2.45) is 7.05 Å². The Labute approximate surface area is 98.9 Å². The van der Waals surface area contributed by atoms with Crippen LogP contribution in [-0.2, 0) is 7.05 Å². The van der Waals surface area contributed by atoms with E-state index in [1.807, 2.05) is 26.1 Å². The fraction of sp³-hybridized carbons (Fsp3) is 0.231. The molecule has 1 amide bonds. The van der Waals surface area contributed by atoms with Gasteiger partial charge in [0.25, 0.3) is 5.91 Å². The van der Waals surface area contributed by atoms with Crippen LogP contribution >= 0.6 is 0 Å². The summed E-state index contributed by atoms with van der Waals surface area (Å²) in [6.45, 7) is 2.33. The number of carbonyl (C=O) groups excluding carboxylic acids is 1. The lowest BCUT2D eigenvalue weighted by atomic mass is 10.1. The quantitative estimate of drug-likeness (QED) is 0.845. The van der Waals surface area contributed by atoms with Crippen molar-refractivity contribution in [2.75, 3.05) is 6.54 Å². The Morgan fingerprint density at radius 1 is 1.35 bits per heavy atom. The monoisotopic (exact) mass is 230 g/mol. The topological polar surface area (TPSA) is 51.1 Å². The number of aromatic nitrogens is 1. The zero-order chi connectivity index (χ0) is 12.4. The molecule has 17 heavy (non-hydrogen) atoms. The molecule has 0 unspecified atom stereocenters. The van der Waals surface area contributed by atoms with Crippen molar-refractivity contribution in [3.63, 3.8) is 0 Å². The van der Waals surface area contributed by atoms with E-state index in [1.54, 1.807) is 22.9 Å². The molecular weight excluding hydrogens is 216 g/mol. The number of nitrogens with one attached hydrogen (secondary N) is 1. The summed E-state index contributed by atoms with van der Waals surface area (Å²) in [5.41, 5.74) is 0.795. The van der Waals surface area contributed by atoms with Crippen molar-refractivity contribution in [1.29, 1.82) is 0 Å². The fourth-order valence-corrected chi connectivity index (χ4v) is 1.86. The molecule has 0 aliphatic rings. The number of carbonyl (C=O) groups is 1. The number of benzene rings is 1. The van der Waals surface area contributed by atoms with Gasteiger partial charge < -0.3 is 9.88 Å². The molecular formula is C13H14N2O2. The number of nitrogens with zero attached hydrogens (tertiary/aromatic N) is 1. The maximum atomic E-state index is 12.1. The molecule has 0 saturated heterocycles. The second-order valence-corrected chi connectivity index (χ2v) is 3.86. The summed E-state index contributed by atoms with van der Waals surface area (Å²) >= 11 is 0. The van der Waals surface area contributed by atoms with E-state index in [0.717, 1.165) is 5.52 Å². The number of para-hydroxylation sites is 1. The van der Waals surface area contributed by atoms with Crippen molar-refractivity contribution in [3.05, 3.63) is 46.2 Å². The summed E-state index contributed by atoms with van der Waals surface area (Å²) in [5.74, 6) is -0.321. The first kappa shape index (κ1) is 11.4. The van der Waals surface area contributed by atoms with Gasteiger partial charge in [-0.05, 0) is 19.1 Å². The second-order valence-electron chi connectivity index (χ2n) is 3.86. The average Bonchev–Trinajstić information content (AvgIpc) is 2.34. The van der Waals surface area contributed by atoms with Crippen LogP contribution in [0.2, 0.25) is 0 Å². The van der Waals surface area contributed by atoms with Gasteiger partial charge in [0.2, 0.25) is 5.43 Å². The Morgan fingerprint density at radius 2 is 2.06 bits per heavy atom. The molecule has 4 heteroatoms. The average molecular weight is 230 g/mol. The van der Waals surface area contributed by atoms with Crippen LogP contribution in [-0.4, -0.2) is 17.0 Å². The van der Waals surface area contributed by atoms with Crippen LogP contribution < -0.4 is 10.7 Å². The van der Waals surface area contributed by atoms with Crippen LogP contribution in [0.3, 0.4) is 0 Å². The number of rotatable bonds is 2. The van der Waals surface area contributed by atoms with Crippen molar-refractivity contribution >= 4 is 16.8 Å². The molecule has 1 aromatic carbocycles. The van der Waals surface area contributed by atoms with Crippen LogP contribution in [0.15, 0.2) is 35.3 Å². The SMILES string of the molecule is CCNC(=O)c1cn(C)c2ccccc2c1=O. The zero-order valence-electron chi connectivity index (χ0n) is 9.86. The fourth-order valence-electron chi connectivity index (χ4n) is 1.86. The standard InChI is InChI=1S/C13H14N2O2/c1-3-14-13(17)10-8-15(2)11-7-5-4-6-9(11)12(10)16/h4-8H,3H2,1-2H3,(H,14,17). The van der Waals surface area contributed by atoms with E-state index in [4.69, 9.17) is 0 Å². The van der Waals surface area contributed by atoms with E-state index in [9.17, 15) is 9.59 Å². The number of aryl methyl sites for hydroxylation is 1. The summed E-state index contributed by atoms with van der Waals surface area (Å²) in [6.07, 6.45) is 1.58. The molecule has 1 aromatic heterocycles. The summed E-state index contributed by atoms with van der Waals surface area (Å²) < 4.78 is 1.79. The van der Waals surface area contributed by atoms with Gasteiger partial charge in [0.15, 0.2) is 0 Å². The second kappa shape index (κ2) is 4.41.